The highest BCUT2D eigenvalue weighted by Crippen LogP contribution is 2.38. The third kappa shape index (κ3) is 6.59. The average Bonchev–Trinajstić information content (AvgIpc) is 3.97. The summed E-state index contributed by atoms with van der Waals surface area (Å²) in [6, 6.07) is 15.9. The molecule has 0 aliphatic carbocycles. The maximum absolute atomic E-state index is 16.5. The van der Waals surface area contributed by atoms with Gasteiger partial charge in [0.05, 0.1) is 41.3 Å². The zero-order valence-electron chi connectivity index (χ0n) is 32.0. The minimum Gasteiger partial charge on any atom is -0.453 e. The molecule has 0 radical (unpaired) electrons. The first-order chi connectivity index (χ1) is 26.3. The van der Waals surface area contributed by atoms with Crippen molar-refractivity contribution in [2.24, 2.45) is 5.92 Å². The lowest BCUT2D eigenvalue weighted by Gasteiger charge is -2.29. The highest BCUT2D eigenvalue weighted by Gasteiger charge is 2.38. The summed E-state index contributed by atoms with van der Waals surface area (Å²) in [5.41, 5.74) is 3.68. The number of carbonyl (C=O) groups excluding carboxylic acids is 3. The Hall–Kier alpha value is -5.72. The molecule has 0 spiro atoms. The number of imidazole rings is 2. The van der Waals surface area contributed by atoms with E-state index in [1.807, 2.05) is 77.1 Å². The number of carbonyl (C=O) groups is 3. The Morgan fingerprint density at radius 1 is 0.836 bits per heavy atom. The number of nitrogens with zero attached hydrogens (tertiary/aromatic N) is 4. The van der Waals surface area contributed by atoms with Gasteiger partial charge in [0.15, 0.2) is 0 Å². The van der Waals surface area contributed by atoms with E-state index >= 15 is 4.39 Å². The predicted octanol–water partition coefficient (Wildman–Crippen LogP) is 8.67. The van der Waals surface area contributed by atoms with E-state index in [1.165, 1.54) is 7.11 Å². The number of likely N-dealkylation sites (tertiary alicyclic amines) is 2. The third-order valence-electron chi connectivity index (χ3n) is 10.8. The molecule has 2 saturated heterocycles. The van der Waals surface area contributed by atoms with Crippen molar-refractivity contribution < 1.29 is 28.2 Å². The van der Waals surface area contributed by atoms with Crippen LogP contribution in [0.2, 0.25) is 0 Å². The number of hydrogen-bond donors (Lipinski definition) is 3. The first-order valence-corrected chi connectivity index (χ1v) is 19.0. The lowest BCUT2D eigenvalue weighted by atomic mass is 9.97. The summed E-state index contributed by atoms with van der Waals surface area (Å²) in [7, 11) is 1.27. The minimum atomic E-state index is -0.738. The molecule has 3 N–H and O–H groups in total. The summed E-state index contributed by atoms with van der Waals surface area (Å²) in [5.74, 6) is 0.686. The number of nitrogens with one attached hydrogen (secondary N) is 3. The van der Waals surface area contributed by atoms with Crippen molar-refractivity contribution in [3.8, 4) is 11.1 Å². The van der Waals surface area contributed by atoms with Crippen molar-refractivity contribution in [3.63, 3.8) is 0 Å². The quantitative estimate of drug-likeness (QED) is 0.155. The fraction of sp³-hybridized carbons (Fsp3) is 0.405. The molecular formula is C42H46FN7O5. The lowest BCUT2D eigenvalue weighted by Crippen LogP contribution is -2.51. The molecule has 2 fully saturated rings. The van der Waals surface area contributed by atoms with Crippen molar-refractivity contribution in [2.75, 3.05) is 20.2 Å². The summed E-state index contributed by atoms with van der Waals surface area (Å²) in [4.78, 5) is 58.9. The van der Waals surface area contributed by atoms with Crippen molar-refractivity contribution in [2.45, 2.75) is 84.0 Å². The van der Waals surface area contributed by atoms with Crippen LogP contribution in [0.15, 0.2) is 54.6 Å². The van der Waals surface area contributed by atoms with Crippen molar-refractivity contribution in [1.29, 1.82) is 0 Å². The standard InChI is InChI=1S/C42H46FN7O5/c1-22(2)34(48-40(52)54-6)39(51)49-19-7-9-31(49)37-45-30-18-16-27-28(36(30)47-37)15-14-25(33(27)43)23-11-13-26-24(21-23)12-17-29-35(26)46-38(44-29)32-10-8-20-50(32)41(53)55-42(3,4)5/h11-18,21-22,31-32,34H,7-10,19-20H2,1-6H3,(H,44,46)(H,45,47)(H,48,52)/t31-,32-,34-/m0/s1. The van der Waals surface area contributed by atoms with Gasteiger partial charge in [0.1, 0.15) is 29.1 Å². The van der Waals surface area contributed by atoms with Crippen LogP contribution in [0.3, 0.4) is 0 Å². The van der Waals surface area contributed by atoms with Crippen molar-refractivity contribution >= 4 is 61.7 Å². The van der Waals surface area contributed by atoms with E-state index in [4.69, 9.17) is 19.4 Å². The van der Waals surface area contributed by atoms with Crippen LogP contribution in [-0.4, -0.2) is 79.7 Å². The Balaban J connectivity index is 1.08. The van der Waals surface area contributed by atoms with Gasteiger partial charge in [-0.1, -0.05) is 44.2 Å². The predicted molar refractivity (Wildman–Crippen MR) is 209 cm³/mol. The number of ether oxygens (including phenoxy) is 2. The number of amides is 3. The summed E-state index contributed by atoms with van der Waals surface area (Å²) in [6.07, 6.45) is 2.18. The number of alkyl carbamates (subject to hydrolysis) is 1. The SMILES string of the molecule is COC(=O)N[C@H](C(=O)N1CCC[C@H]1c1nc2ccc3c(F)c(-c4ccc5c(ccc6nc([C@@H]7CCCN7C(=O)OC(C)(C)C)[nH]c65)c4)ccc3c2[nH]1)C(C)C. The van der Waals surface area contributed by atoms with Crippen LogP contribution in [0.25, 0.3) is 54.7 Å². The highest BCUT2D eigenvalue weighted by molar-refractivity contribution is 6.08. The number of aromatic amines is 2. The van der Waals surface area contributed by atoms with Crippen LogP contribution in [0.4, 0.5) is 14.0 Å². The fourth-order valence-electron chi connectivity index (χ4n) is 8.19. The monoisotopic (exact) mass is 747 g/mol. The van der Waals surface area contributed by atoms with Crippen LogP contribution in [0, 0.1) is 11.7 Å². The number of H-pyrrole nitrogens is 2. The van der Waals surface area contributed by atoms with Gasteiger partial charge in [-0.25, -0.2) is 23.9 Å². The third-order valence-corrected chi connectivity index (χ3v) is 10.8. The van der Waals surface area contributed by atoms with Gasteiger partial charge < -0.3 is 29.7 Å². The average molecular weight is 748 g/mol. The van der Waals surface area contributed by atoms with Gasteiger partial charge >= 0.3 is 12.2 Å². The number of hydrogen-bond acceptors (Lipinski definition) is 7. The molecule has 3 atom stereocenters. The fourth-order valence-corrected chi connectivity index (χ4v) is 8.19. The molecule has 4 aromatic carbocycles. The smallest absolute Gasteiger partial charge is 0.410 e. The van der Waals surface area contributed by atoms with Gasteiger partial charge in [-0.2, -0.15) is 0 Å². The molecule has 6 aromatic rings. The molecule has 2 aliphatic heterocycles. The largest absolute Gasteiger partial charge is 0.453 e. The Morgan fingerprint density at radius 2 is 1.44 bits per heavy atom. The van der Waals surface area contributed by atoms with Gasteiger partial charge in [0.2, 0.25) is 5.91 Å². The van der Waals surface area contributed by atoms with E-state index in [2.05, 4.69) is 15.3 Å². The van der Waals surface area contributed by atoms with Gasteiger partial charge in [0, 0.05) is 34.8 Å². The zero-order valence-corrected chi connectivity index (χ0v) is 32.0. The summed E-state index contributed by atoms with van der Waals surface area (Å²) < 4.78 is 26.9. The Labute approximate surface area is 317 Å². The van der Waals surface area contributed by atoms with Crippen LogP contribution < -0.4 is 5.32 Å². The maximum atomic E-state index is 16.5. The second kappa shape index (κ2) is 13.8. The number of aromatic nitrogens is 4. The minimum absolute atomic E-state index is 0.146. The van der Waals surface area contributed by atoms with Gasteiger partial charge in [-0.15, -0.1) is 0 Å². The second-order valence-electron chi connectivity index (χ2n) is 16.0. The van der Waals surface area contributed by atoms with Crippen LogP contribution in [-0.2, 0) is 14.3 Å². The lowest BCUT2D eigenvalue weighted by molar-refractivity contribution is -0.135. The van der Waals surface area contributed by atoms with Crippen LogP contribution in [0.5, 0.6) is 0 Å². The molecule has 2 aliphatic rings. The van der Waals surface area contributed by atoms with Gasteiger partial charge in [-0.3, -0.25) is 9.69 Å². The highest BCUT2D eigenvalue weighted by atomic mass is 19.1. The summed E-state index contributed by atoms with van der Waals surface area (Å²) in [5, 5.41) is 5.72. The molecule has 2 aromatic heterocycles. The molecule has 55 heavy (non-hydrogen) atoms. The first-order valence-electron chi connectivity index (χ1n) is 19.0. The number of rotatable bonds is 6. The summed E-state index contributed by atoms with van der Waals surface area (Å²) >= 11 is 0. The maximum Gasteiger partial charge on any atom is 0.410 e. The van der Waals surface area contributed by atoms with Crippen molar-refractivity contribution in [1.82, 2.24) is 35.1 Å². The molecule has 0 saturated carbocycles. The normalized spacial score (nSPS) is 18.3. The Morgan fingerprint density at radius 3 is 2.09 bits per heavy atom. The molecule has 0 bridgehead atoms. The molecule has 4 heterocycles. The van der Waals surface area contributed by atoms with E-state index < -0.39 is 17.7 Å². The van der Waals surface area contributed by atoms with Crippen molar-refractivity contribution in [3.05, 3.63) is 72.1 Å². The number of benzene rings is 4. The topological polar surface area (TPSA) is 146 Å². The molecule has 0 unspecified atom stereocenters. The van der Waals surface area contributed by atoms with E-state index in [1.54, 1.807) is 21.9 Å². The van der Waals surface area contributed by atoms with Crippen LogP contribution >= 0.6 is 0 Å². The Bertz CT molecular complexity index is 2480. The molecule has 13 heteroatoms. The number of fused-ring (bicyclic) bond motifs is 6. The summed E-state index contributed by atoms with van der Waals surface area (Å²) in [6.45, 7) is 10.5. The molecule has 8 rings (SSSR count). The van der Waals surface area contributed by atoms with Crippen LogP contribution in [0.1, 0.15) is 84.0 Å². The molecular weight excluding hydrogens is 702 g/mol. The Kier molecular flexibility index (Phi) is 9.13. The molecule has 286 valence electrons. The van der Waals surface area contributed by atoms with E-state index in [0.717, 1.165) is 52.5 Å². The second-order valence-corrected chi connectivity index (χ2v) is 16.0. The van der Waals surface area contributed by atoms with E-state index in [9.17, 15) is 14.4 Å². The zero-order chi connectivity index (χ0) is 38.8. The number of methoxy groups -OCH3 is 1. The van der Waals surface area contributed by atoms with Gasteiger partial charge in [0.25, 0.3) is 0 Å². The van der Waals surface area contributed by atoms with Gasteiger partial charge in [-0.05, 0) is 87.6 Å². The first kappa shape index (κ1) is 36.3. The van der Waals surface area contributed by atoms with E-state index in [0.29, 0.717) is 52.7 Å². The number of halogens is 1. The van der Waals surface area contributed by atoms with E-state index in [-0.39, 0.29) is 35.8 Å². The molecule has 12 nitrogen and oxygen atoms in total. The molecule has 3 amide bonds.